The zero-order chi connectivity index (χ0) is 13.2. The van der Waals surface area contributed by atoms with Crippen molar-refractivity contribution in [3.63, 3.8) is 0 Å². The minimum absolute atomic E-state index is 0.108. The van der Waals surface area contributed by atoms with Gasteiger partial charge in [0.1, 0.15) is 5.82 Å². The summed E-state index contributed by atoms with van der Waals surface area (Å²) in [5, 5.41) is 3.41. The summed E-state index contributed by atoms with van der Waals surface area (Å²) in [4.78, 5) is 4.48. The van der Waals surface area contributed by atoms with E-state index in [9.17, 15) is 0 Å². The lowest BCUT2D eigenvalue weighted by Crippen LogP contribution is -2.14. The van der Waals surface area contributed by atoms with Crippen LogP contribution in [-0.4, -0.2) is 11.0 Å². The topological polar surface area (TPSA) is 50.9 Å². The molecule has 1 heterocycles. The molecule has 19 heavy (non-hydrogen) atoms. The Labute approximate surface area is 113 Å². The lowest BCUT2D eigenvalue weighted by Gasteiger charge is -2.16. The molecule has 3 N–H and O–H groups in total. The highest BCUT2D eigenvalue weighted by Gasteiger charge is 2.21. The fraction of sp³-hybridized carbons (Fsp3) is 0.312. The van der Waals surface area contributed by atoms with Gasteiger partial charge < -0.3 is 11.1 Å². The first kappa shape index (κ1) is 12.2. The van der Waals surface area contributed by atoms with Crippen molar-refractivity contribution in [2.45, 2.75) is 31.8 Å². The maximum Gasteiger partial charge on any atom is 0.126 e. The van der Waals surface area contributed by atoms with Crippen molar-refractivity contribution < 1.29 is 0 Å². The van der Waals surface area contributed by atoms with Gasteiger partial charge in [0.25, 0.3) is 0 Å². The quantitative estimate of drug-likeness (QED) is 0.880. The maximum atomic E-state index is 6.32. The molecule has 0 saturated heterocycles. The molecule has 1 saturated carbocycles. The normalized spacial score (nSPS) is 16.1. The van der Waals surface area contributed by atoms with Gasteiger partial charge in [0.05, 0.1) is 6.04 Å². The molecule has 98 valence electrons. The van der Waals surface area contributed by atoms with Crippen LogP contribution in [-0.2, 0) is 0 Å². The Morgan fingerprint density at radius 1 is 1.26 bits per heavy atom. The lowest BCUT2D eigenvalue weighted by atomic mass is 9.97. The minimum atomic E-state index is -0.108. The highest BCUT2D eigenvalue weighted by molar-refractivity contribution is 5.45. The zero-order valence-corrected chi connectivity index (χ0v) is 11.1. The molecule has 3 rings (SSSR count). The van der Waals surface area contributed by atoms with Gasteiger partial charge in [-0.3, -0.25) is 0 Å². The molecule has 2 aromatic rings. The molecule has 1 aliphatic carbocycles. The lowest BCUT2D eigenvalue weighted by molar-refractivity contribution is 0.852. The predicted octanol–water partition coefficient (Wildman–Crippen LogP) is 3.01. The first-order chi connectivity index (χ1) is 9.24. The van der Waals surface area contributed by atoms with E-state index in [-0.39, 0.29) is 6.04 Å². The summed E-state index contributed by atoms with van der Waals surface area (Å²) in [5.41, 5.74) is 9.72. The Morgan fingerprint density at radius 3 is 2.63 bits per heavy atom. The summed E-state index contributed by atoms with van der Waals surface area (Å²) in [6.07, 6.45) is 4.41. The van der Waals surface area contributed by atoms with E-state index in [1.165, 1.54) is 18.4 Å². The number of nitrogens with zero attached hydrogens (tertiary/aromatic N) is 1. The molecule has 0 amide bonds. The summed E-state index contributed by atoms with van der Waals surface area (Å²) in [6.45, 7) is 2.10. The van der Waals surface area contributed by atoms with Gasteiger partial charge in [-0.1, -0.05) is 30.3 Å². The average Bonchev–Trinajstić information content (AvgIpc) is 3.23. The number of aryl methyl sites for hydroxylation is 1. The van der Waals surface area contributed by atoms with Crippen LogP contribution in [0.1, 0.15) is 35.6 Å². The van der Waals surface area contributed by atoms with Crippen molar-refractivity contribution in [3.05, 3.63) is 59.3 Å². The molecule has 1 aromatic carbocycles. The fourth-order valence-corrected chi connectivity index (χ4v) is 2.25. The van der Waals surface area contributed by atoms with Crippen LogP contribution in [0.15, 0.2) is 42.6 Å². The molecule has 1 atom stereocenters. The van der Waals surface area contributed by atoms with Gasteiger partial charge in [-0.15, -0.1) is 0 Å². The molecular formula is C16H19N3. The van der Waals surface area contributed by atoms with Crippen LogP contribution in [0.25, 0.3) is 0 Å². The highest BCUT2D eigenvalue weighted by Crippen LogP contribution is 2.27. The van der Waals surface area contributed by atoms with Gasteiger partial charge in [0, 0.05) is 12.2 Å². The number of pyridine rings is 1. The van der Waals surface area contributed by atoms with Crippen LogP contribution in [0.5, 0.6) is 0 Å². The number of benzene rings is 1. The minimum Gasteiger partial charge on any atom is -0.367 e. The van der Waals surface area contributed by atoms with E-state index >= 15 is 0 Å². The van der Waals surface area contributed by atoms with Crippen LogP contribution >= 0.6 is 0 Å². The van der Waals surface area contributed by atoms with E-state index in [0.29, 0.717) is 6.04 Å². The highest BCUT2D eigenvalue weighted by atomic mass is 15.0. The Morgan fingerprint density at radius 2 is 2.00 bits per heavy atom. The molecule has 0 spiro atoms. The van der Waals surface area contributed by atoms with Crippen molar-refractivity contribution in [2.75, 3.05) is 5.32 Å². The molecule has 1 fully saturated rings. The van der Waals surface area contributed by atoms with E-state index in [0.717, 1.165) is 16.9 Å². The number of anilines is 1. The SMILES string of the molecule is Cc1cc(NC2CC2)ncc1C(N)c1ccccc1. The summed E-state index contributed by atoms with van der Waals surface area (Å²) in [6, 6.07) is 12.8. The van der Waals surface area contributed by atoms with Crippen molar-refractivity contribution >= 4 is 5.82 Å². The molecule has 1 aliphatic rings. The van der Waals surface area contributed by atoms with E-state index in [4.69, 9.17) is 5.73 Å². The van der Waals surface area contributed by atoms with E-state index in [1.54, 1.807) is 0 Å². The Kier molecular flexibility index (Phi) is 3.22. The van der Waals surface area contributed by atoms with Gasteiger partial charge in [-0.25, -0.2) is 4.98 Å². The van der Waals surface area contributed by atoms with Crippen LogP contribution in [0, 0.1) is 6.92 Å². The van der Waals surface area contributed by atoms with Crippen molar-refractivity contribution in [2.24, 2.45) is 5.73 Å². The maximum absolute atomic E-state index is 6.32. The van der Waals surface area contributed by atoms with Crippen LogP contribution in [0.2, 0.25) is 0 Å². The first-order valence-corrected chi connectivity index (χ1v) is 6.77. The van der Waals surface area contributed by atoms with E-state index in [1.807, 2.05) is 24.4 Å². The standard InChI is InChI=1S/C16H19N3/c1-11-9-15(19-13-7-8-13)18-10-14(11)16(17)12-5-3-2-4-6-12/h2-6,9-10,13,16H,7-8,17H2,1H3,(H,18,19). The third-order valence-electron chi connectivity index (χ3n) is 3.57. The molecule has 1 unspecified atom stereocenters. The Hall–Kier alpha value is -1.87. The van der Waals surface area contributed by atoms with Crippen molar-refractivity contribution in [3.8, 4) is 0 Å². The van der Waals surface area contributed by atoms with Crippen molar-refractivity contribution in [1.29, 1.82) is 0 Å². The summed E-state index contributed by atoms with van der Waals surface area (Å²) >= 11 is 0. The third-order valence-corrected chi connectivity index (χ3v) is 3.57. The molecule has 3 nitrogen and oxygen atoms in total. The van der Waals surface area contributed by atoms with Crippen LogP contribution in [0.4, 0.5) is 5.82 Å². The molecule has 1 aromatic heterocycles. The van der Waals surface area contributed by atoms with Gasteiger partial charge in [0.15, 0.2) is 0 Å². The molecule has 0 bridgehead atoms. The largest absolute Gasteiger partial charge is 0.367 e. The van der Waals surface area contributed by atoms with Crippen LogP contribution < -0.4 is 11.1 Å². The van der Waals surface area contributed by atoms with E-state index in [2.05, 4.69) is 35.4 Å². The molecular weight excluding hydrogens is 234 g/mol. The molecule has 3 heteroatoms. The second-order valence-electron chi connectivity index (χ2n) is 5.23. The number of nitrogens with two attached hydrogens (primary N) is 1. The first-order valence-electron chi connectivity index (χ1n) is 6.77. The number of hydrogen-bond acceptors (Lipinski definition) is 3. The average molecular weight is 253 g/mol. The second-order valence-corrected chi connectivity index (χ2v) is 5.23. The summed E-state index contributed by atoms with van der Waals surface area (Å²) < 4.78 is 0. The van der Waals surface area contributed by atoms with Crippen molar-refractivity contribution in [1.82, 2.24) is 4.98 Å². The second kappa shape index (κ2) is 5.02. The van der Waals surface area contributed by atoms with Gasteiger partial charge >= 0.3 is 0 Å². The molecule has 0 radical (unpaired) electrons. The van der Waals surface area contributed by atoms with Gasteiger partial charge in [0.2, 0.25) is 0 Å². The predicted molar refractivity (Wildman–Crippen MR) is 78.1 cm³/mol. The monoisotopic (exact) mass is 253 g/mol. The van der Waals surface area contributed by atoms with Crippen LogP contribution in [0.3, 0.4) is 0 Å². The smallest absolute Gasteiger partial charge is 0.126 e. The van der Waals surface area contributed by atoms with Gasteiger partial charge in [-0.2, -0.15) is 0 Å². The van der Waals surface area contributed by atoms with E-state index < -0.39 is 0 Å². The van der Waals surface area contributed by atoms with Gasteiger partial charge in [-0.05, 0) is 42.5 Å². The fourth-order valence-electron chi connectivity index (χ4n) is 2.25. The zero-order valence-electron chi connectivity index (χ0n) is 11.1. The number of nitrogens with one attached hydrogen (secondary N) is 1. The summed E-state index contributed by atoms with van der Waals surface area (Å²) in [7, 11) is 0. The third kappa shape index (κ3) is 2.76. The summed E-state index contributed by atoms with van der Waals surface area (Å²) in [5.74, 6) is 0.962. The Balaban J connectivity index is 1.84. The Bertz CT molecular complexity index is 561. The number of rotatable bonds is 4. The number of aromatic nitrogens is 1. The molecule has 0 aliphatic heterocycles. The number of hydrogen-bond donors (Lipinski definition) is 2.